The van der Waals surface area contributed by atoms with Crippen LogP contribution in [0.3, 0.4) is 0 Å². The number of fused-ring (bicyclic) bond motifs is 1. The van der Waals surface area contributed by atoms with Crippen molar-refractivity contribution < 1.29 is 10.0 Å². The van der Waals surface area contributed by atoms with Crippen molar-refractivity contribution in [3.8, 4) is 0 Å². The molecule has 0 amide bonds. The minimum atomic E-state index is -0.213. The molecule has 0 radical (unpaired) electrons. The minimum absolute atomic E-state index is 0.199. The van der Waals surface area contributed by atoms with E-state index >= 15 is 0 Å². The highest BCUT2D eigenvalue weighted by Crippen LogP contribution is 2.27. The molecule has 1 heterocycles. The van der Waals surface area contributed by atoms with Crippen molar-refractivity contribution in [1.82, 2.24) is 0 Å². The molecular formula is C10H9BrN2O2. The number of carbonyl (C=O) groups is 1. The standard InChI is InChI=1S/C10H9BrN2O2/c11-13-6-5-8(12-15)10(14)7-3-1-2-4-9(7)13/h1-4,15H,5-6H2/b12-8-. The maximum absolute atomic E-state index is 11.9. The van der Waals surface area contributed by atoms with E-state index in [4.69, 9.17) is 5.21 Å². The molecule has 4 nitrogen and oxygen atoms in total. The van der Waals surface area contributed by atoms with Gasteiger partial charge in [0.05, 0.1) is 5.69 Å². The molecule has 0 bridgehead atoms. The summed E-state index contributed by atoms with van der Waals surface area (Å²) in [5, 5.41) is 11.8. The Morgan fingerprint density at radius 1 is 1.40 bits per heavy atom. The van der Waals surface area contributed by atoms with Crippen LogP contribution in [-0.4, -0.2) is 23.2 Å². The number of Topliss-reactive ketones (excluding diaryl/α,β-unsaturated/α-hetero) is 1. The number of nitrogens with zero attached hydrogens (tertiary/aromatic N) is 2. The number of rotatable bonds is 0. The zero-order valence-corrected chi connectivity index (χ0v) is 9.44. The third kappa shape index (κ3) is 1.74. The van der Waals surface area contributed by atoms with Gasteiger partial charge in [-0.3, -0.25) is 4.79 Å². The Bertz CT molecular complexity index is 431. The number of hydrogen-bond acceptors (Lipinski definition) is 4. The van der Waals surface area contributed by atoms with Crippen LogP contribution in [0.1, 0.15) is 16.8 Å². The number of oxime groups is 1. The first-order valence-corrected chi connectivity index (χ1v) is 5.23. The lowest BCUT2D eigenvalue weighted by molar-refractivity contribution is 0.106. The summed E-state index contributed by atoms with van der Waals surface area (Å²) < 4.78 is 1.80. The van der Waals surface area contributed by atoms with Crippen LogP contribution in [0, 0.1) is 0 Å². The number of ketones is 1. The molecule has 2 rings (SSSR count). The third-order valence-corrected chi connectivity index (χ3v) is 3.07. The number of para-hydroxylation sites is 1. The summed E-state index contributed by atoms with van der Waals surface area (Å²) in [5.41, 5.74) is 1.56. The molecule has 0 saturated carbocycles. The quantitative estimate of drug-likeness (QED) is 0.446. The molecule has 0 fully saturated rings. The predicted octanol–water partition coefficient (Wildman–Crippen LogP) is 2.22. The van der Waals surface area contributed by atoms with Crippen LogP contribution in [0.5, 0.6) is 0 Å². The van der Waals surface area contributed by atoms with Gasteiger partial charge in [0.1, 0.15) is 5.71 Å². The first kappa shape index (κ1) is 10.2. The molecule has 0 spiro atoms. The molecule has 0 unspecified atom stereocenters. The molecular weight excluding hydrogens is 260 g/mol. The van der Waals surface area contributed by atoms with E-state index in [1.807, 2.05) is 12.1 Å². The van der Waals surface area contributed by atoms with E-state index in [0.717, 1.165) is 5.69 Å². The molecule has 1 aliphatic heterocycles. The van der Waals surface area contributed by atoms with Crippen LogP contribution in [0.15, 0.2) is 29.4 Å². The summed E-state index contributed by atoms with van der Waals surface area (Å²) >= 11 is 3.37. The summed E-state index contributed by atoms with van der Waals surface area (Å²) in [7, 11) is 0. The largest absolute Gasteiger partial charge is 0.411 e. The van der Waals surface area contributed by atoms with Crippen molar-refractivity contribution in [2.75, 3.05) is 10.5 Å². The Kier molecular flexibility index (Phi) is 2.73. The van der Waals surface area contributed by atoms with Crippen molar-refractivity contribution in [3.63, 3.8) is 0 Å². The molecule has 0 saturated heterocycles. The van der Waals surface area contributed by atoms with Gasteiger partial charge < -0.3 is 9.13 Å². The molecule has 0 aromatic heterocycles. The van der Waals surface area contributed by atoms with Crippen molar-refractivity contribution in [2.24, 2.45) is 5.16 Å². The Hall–Kier alpha value is -1.36. The van der Waals surface area contributed by atoms with Crippen LogP contribution in [0.2, 0.25) is 0 Å². The maximum atomic E-state index is 11.9. The first-order valence-electron chi connectivity index (χ1n) is 4.52. The van der Waals surface area contributed by atoms with Crippen LogP contribution >= 0.6 is 16.1 Å². The lowest BCUT2D eigenvalue weighted by atomic mass is 10.1. The smallest absolute Gasteiger partial charge is 0.212 e. The average Bonchev–Trinajstić information content (AvgIpc) is 2.39. The molecule has 15 heavy (non-hydrogen) atoms. The van der Waals surface area contributed by atoms with E-state index in [1.165, 1.54) is 0 Å². The van der Waals surface area contributed by atoms with Gasteiger partial charge in [0.15, 0.2) is 0 Å². The van der Waals surface area contributed by atoms with Gasteiger partial charge >= 0.3 is 0 Å². The van der Waals surface area contributed by atoms with Crippen LogP contribution in [0.25, 0.3) is 0 Å². The summed E-state index contributed by atoms with van der Waals surface area (Å²) in [4.78, 5) is 11.9. The zero-order valence-electron chi connectivity index (χ0n) is 7.85. The Balaban J connectivity index is 2.56. The molecule has 0 aliphatic carbocycles. The minimum Gasteiger partial charge on any atom is -0.411 e. The third-order valence-electron chi connectivity index (χ3n) is 2.34. The molecule has 78 valence electrons. The van der Waals surface area contributed by atoms with Gasteiger partial charge in [0.25, 0.3) is 0 Å². The Labute approximate surface area is 95.5 Å². The first-order chi connectivity index (χ1) is 7.24. The number of benzene rings is 1. The monoisotopic (exact) mass is 268 g/mol. The predicted molar refractivity (Wildman–Crippen MR) is 60.9 cm³/mol. The van der Waals surface area contributed by atoms with E-state index in [2.05, 4.69) is 21.3 Å². The second-order valence-electron chi connectivity index (χ2n) is 3.23. The van der Waals surface area contributed by atoms with E-state index in [-0.39, 0.29) is 11.5 Å². The highest BCUT2D eigenvalue weighted by atomic mass is 79.9. The van der Waals surface area contributed by atoms with Crippen LogP contribution in [-0.2, 0) is 0 Å². The van der Waals surface area contributed by atoms with E-state index in [0.29, 0.717) is 18.5 Å². The van der Waals surface area contributed by atoms with Crippen LogP contribution in [0.4, 0.5) is 5.69 Å². The topological polar surface area (TPSA) is 52.9 Å². The highest BCUT2D eigenvalue weighted by molar-refractivity contribution is 9.10. The Morgan fingerprint density at radius 2 is 2.13 bits per heavy atom. The van der Waals surface area contributed by atoms with Gasteiger partial charge in [-0.15, -0.1) is 0 Å². The fourth-order valence-corrected chi connectivity index (χ4v) is 2.05. The van der Waals surface area contributed by atoms with E-state index in [1.54, 1.807) is 16.1 Å². The van der Waals surface area contributed by atoms with Gasteiger partial charge in [-0.05, 0) is 12.1 Å². The normalized spacial score (nSPS) is 18.9. The number of hydrogen-bond donors (Lipinski definition) is 1. The fourth-order valence-electron chi connectivity index (χ4n) is 1.57. The lowest BCUT2D eigenvalue weighted by Gasteiger charge is -2.14. The van der Waals surface area contributed by atoms with Crippen molar-refractivity contribution >= 4 is 33.3 Å². The summed E-state index contributed by atoms with van der Waals surface area (Å²) in [6.07, 6.45) is 0.426. The molecule has 1 N–H and O–H groups in total. The van der Waals surface area contributed by atoms with Crippen molar-refractivity contribution in [1.29, 1.82) is 0 Å². The van der Waals surface area contributed by atoms with E-state index in [9.17, 15) is 4.79 Å². The maximum Gasteiger partial charge on any atom is 0.212 e. The SMILES string of the molecule is O=C1/C(=N\O)CCN(Br)c2ccccc21. The number of carbonyl (C=O) groups excluding carboxylic acids is 1. The average molecular weight is 269 g/mol. The molecule has 0 atom stereocenters. The Morgan fingerprint density at radius 3 is 2.87 bits per heavy atom. The second kappa shape index (κ2) is 4.02. The number of anilines is 1. The van der Waals surface area contributed by atoms with Gasteiger partial charge in [0, 0.05) is 34.7 Å². The van der Waals surface area contributed by atoms with Gasteiger partial charge in [-0.1, -0.05) is 17.3 Å². The van der Waals surface area contributed by atoms with Gasteiger partial charge in [-0.2, -0.15) is 0 Å². The highest BCUT2D eigenvalue weighted by Gasteiger charge is 2.24. The zero-order chi connectivity index (χ0) is 10.8. The number of halogens is 1. The van der Waals surface area contributed by atoms with E-state index < -0.39 is 0 Å². The summed E-state index contributed by atoms with van der Waals surface area (Å²) in [5.74, 6) is -0.213. The van der Waals surface area contributed by atoms with Crippen LogP contribution < -0.4 is 3.93 Å². The molecule has 1 aliphatic rings. The lowest BCUT2D eigenvalue weighted by Crippen LogP contribution is -2.14. The molecule has 1 aromatic carbocycles. The van der Waals surface area contributed by atoms with Crippen molar-refractivity contribution in [3.05, 3.63) is 29.8 Å². The fraction of sp³-hybridized carbons (Fsp3) is 0.200. The van der Waals surface area contributed by atoms with Gasteiger partial charge in [-0.25, -0.2) is 0 Å². The molecule has 5 heteroatoms. The van der Waals surface area contributed by atoms with Crippen molar-refractivity contribution in [2.45, 2.75) is 6.42 Å². The second-order valence-corrected chi connectivity index (χ2v) is 4.08. The molecule has 1 aromatic rings. The van der Waals surface area contributed by atoms with Gasteiger partial charge in [0.2, 0.25) is 5.78 Å². The summed E-state index contributed by atoms with van der Waals surface area (Å²) in [6, 6.07) is 7.23. The summed E-state index contributed by atoms with van der Waals surface area (Å²) in [6.45, 7) is 0.599.